The maximum Gasteiger partial charge on any atom is 0.336 e. The van der Waals surface area contributed by atoms with Crippen molar-refractivity contribution in [3.05, 3.63) is 44.4 Å². The summed E-state index contributed by atoms with van der Waals surface area (Å²) in [7, 11) is 1.41. The van der Waals surface area contributed by atoms with Crippen LogP contribution in [0.4, 0.5) is 0 Å². The summed E-state index contributed by atoms with van der Waals surface area (Å²) in [5.41, 5.74) is 3.02. The van der Waals surface area contributed by atoms with Gasteiger partial charge < -0.3 is 10.1 Å². The summed E-state index contributed by atoms with van der Waals surface area (Å²) in [6, 6.07) is 4.26. The molecular formula is C24H33NO3S. The lowest BCUT2D eigenvalue weighted by Gasteiger charge is -2.39. The van der Waals surface area contributed by atoms with Crippen LogP contribution in [-0.4, -0.2) is 18.9 Å². The third kappa shape index (κ3) is 4.66. The van der Waals surface area contributed by atoms with Crippen LogP contribution in [0.3, 0.4) is 0 Å². The van der Waals surface area contributed by atoms with Crippen LogP contribution in [0.5, 0.6) is 0 Å². The van der Waals surface area contributed by atoms with Gasteiger partial charge in [0.15, 0.2) is 5.78 Å². The molecule has 1 atom stereocenters. The van der Waals surface area contributed by atoms with Crippen molar-refractivity contribution in [3.8, 4) is 0 Å². The van der Waals surface area contributed by atoms with Gasteiger partial charge in [-0.3, -0.25) is 4.79 Å². The number of ether oxygens (including phenoxy) is 1. The molecule has 1 aromatic heterocycles. The van der Waals surface area contributed by atoms with Gasteiger partial charge in [-0.1, -0.05) is 40.0 Å². The summed E-state index contributed by atoms with van der Waals surface area (Å²) in [4.78, 5) is 28.2. The Labute approximate surface area is 178 Å². The second-order valence-corrected chi connectivity index (χ2v) is 10.2. The monoisotopic (exact) mass is 415 g/mol. The van der Waals surface area contributed by atoms with Gasteiger partial charge in [0.05, 0.1) is 18.6 Å². The Balaban J connectivity index is 1.98. The highest BCUT2D eigenvalue weighted by Crippen LogP contribution is 2.48. The van der Waals surface area contributed by atoms with Gasteiger partial charge in [0.1, 0.15) is 0 Å². The van der Waals surface area contributed by atoms with Gasteiger partial charge in [-0.25, -0.2) is 4.79 Å². The van der Waals surface area contributed by atoms with Crippen LogP contribution in [0.1, 0.15) is 81.9 Å². The Morgan fingerprint density at radius 3 is 2.69 bits per heavy atom. The predicted molar refractivity (Wildman–Crippen MR) is 118 cm³/mol. The first-order valence-corrected chi connectivity index (χ1v) is 11.5. The van der Waals surface area contributed by atoms with Gasteiger partial charge in [0, 0.05) is 33.1 Å². The second kappa shape index (κ2) is 8.86. The molecule has 0 saturated heterocycles. The molecule has 0 amide bonds. The number of aryl methyl sites for hydroxylation is 1. The number of allylic oxidation sites excluding steroid dienone is 3. The van der Waals surface area contributed by atoms with Crippen molar-refractivity contribution in [2.75, 3.05) is 7.11 Å². The van der Waals surface area contributed by atoms with Crippen molar-refractivity contribution in [2.24, 2.45) is 5.41 Å². The number of carbonyl (C=O) groups excluding carboxylic acids is 2. The summed E-state index contributed by atoms with van der Waals surface area (Å²) in [5, 5.41) is 3.37. The number of thiophene rings is 1. The van der Waals surface area contributed by atoms with Crippen LogP contribution in [0, 0.1) is 5.41 Å². The summed E-state index contributed by atoms with van der Waals surface area (Å²) in [6.45, 7) is 8.38. The number of Topliss-reactive ketones (excluding diaryl/α,β-unsaturated/α-hetero) is 1. The number of hydrogen-bond donors (Lipinski definition) is 1. The van der Waals surface area contributed by atoms with Crippen molar-refractivity contribution in [3.63, 3.8) is 0 Å². The van der Waals surface area contributed by atoms with E-state index in [9.17, 15) is 9.59 Å². The molecule has 0 unspecified atom stereocenters. The third-order valence-electron chi connectivity index (χ3n) is 5.89. The predicted octanol–water partition coefficient (Wildman–Crippen LogP) is 5.65. The van der Waals surface area contributed by atoms with E-state index >= 15 is 0 Å². The Hall–Kier alpha value is -1.88. The molecule has 0 bridgehead atoms. The Morgan fingerprint density at radius 1 is 1.24 bits per heavy atom. The SMILES string of the molecule is CCCCCCc1ccc([C@H]2C(C(=O)OC)=C(C)NC3=C2C(=O)CC(C)(C)C3)s1. The van der Waals surface area contributed by atoms with Crippen molar-refractivity contribution in [1.29, 1.82) is 0 Å². The van der Waals surface area contributed by atoms with Crippen LogP contribution in [0.25, 0.3) is 0 Å². The van der Waals surface area contributed by atoms with Gasteiger partial charge in [-0.05, 0) is 43.7 Å². The van der Waals surface area contributed by atoms with Gasteiger partial charge in [0.2, 0.25) is 0 Å². The van der Waals surface area contributed by atoms with Gasteiger partial charge in [0.25, 0.3) is 0 Å². The number of unbranched alkanes of at least 4 members (excludes halogenated alkanes) is 3. The van der Waals surface area contributed by atoms with E-state index in [1.54, 1.807) is 11.3 Å². The highest BCUT2D eigenvalue weighted by molar-refractivity contribution is 7.12. The molecule has 0 aromatic carbocycles. The van der Waals surface area contributed by atoms with Gasteiger partial charge in [-0.15, -0.1) is 11.3 Å². The van der Waals surface area contributed by atoms with Crippen molar-refractivity contribution in [2.45, 2.75) is 78.6 Å². The van der Waals surface area contributed by atoms with E-state index in [0.717, 1.165) is 34.7 Å². The number of esters is 1. The second-order valence-electron chi connectivity index (χ2n) is 9.04. The summed E-state index contributed by atoms with van der Waals surface area (Å²) < 4.78 is 5.10. The summed E-state index contributed by atoms with van der Waals surface area (Å²) in [5.74, 6) is -0.542. The molecule has 29 heavy (non-hydrogen) atoms. The van der Waals surface area contributed by atoms with E-state index < -0.39 is 0 Å². The van der Waals surface area contributed by atoms with E-state index in [-0.39, 0.29) is 23.1 Å². The molecule has 1 N–H and O–H groups in total. The van der Waals surface area contributed by atoms with Crippen LogP contribution in [0.15, 0.2) is 34.7 Å². The first kappa shape index (κ1) is 21.8. The Morgan fingerprint density at radius 2 is 2.00 bits per heavy atom. The summed E-state index contributed by atoms with van der Waals surface area (Å²) in [6.07, 6.45) is 7.29. The maximum atomic E-state index is 13.2. The molecule has 3 rings (SSSR count). The van der Waals surface area contributed by atoms with E-state index in [1.165, 1.54) is 37.7 Å². The first-order chi connectivity index (χ1) is 13.8. The lowest BCUT2D eigenvalue weighted by Crippen LogP contribution is -2.38. The highest BCUT2D eigenvalue weighted by Gasteiger charge is 2.43. The summed E-state index contributed by atoms with van der Waals surface area (Å²) >= 11 is 1.73. The fourth-order valence-corrected chi connectivity index (χ4v) is 5.69. The molecule has 0 saturated carbocycles. The molecule has 1 aliphatic heterocycles. The fraction of sp³-hybridized carbons (Fsp3) is 0.583. The smallest absolute Gasteiger partial charge is 0.336 e. The van der Waals surface area contributed by atoms with Crippen LogP contribution >= 0.6 is 11.3 Å². The van der Waals surface area contributed by atoms with E-state index in [4.69, 9.17) is 4.74 Å². The van der Waals surface area contributed by atoms with Crippen molar-refractivity contribution in [1.82, 2.24) is 5.32 Å². The van der Waals surface area contributed by atoms with Crippen molar-refractivity contribution < 1.29 is 14.3 Å². The average molecular weight is 416 g/mol. The lowest BCUT2D eigenvalue weighted by atomic mass is 9.70. The zero-order valence-electron chi connectivity index (χ0n) is 18.3. The minimum atomic E-state index is -0.359. The molecule has 1 aromatic rings. The molecule has 1 aliphatic carbocycles. The lowest BCUT2D eigenvalue weighted by molar-refractivity contribution is -0.136. The number of carbonyl (C=O) groups is 2. The number of rotatable bonds is 7. The minimum Gasteiger partial charge on any atom is -0.466 e. The number of nitrogens with one attached hydrogen (secondary N) is 1. The van der Waals surface area contributed by atoms with Crippen LogP contribution < -0.4 is 5.32 Å². The Bertz CT molecular complexity index is 859. The molecule has 5 heteroatoms. The molecule has 2 heterocycles. The minimum absolute atomic E-state index is 0.0730. The number of hydrogen-bond acceptors (Lipinski definition) is 5. The molecule has 0 radical (unpaired) electrons. The molecule has 158 valence electrons. The zero-order chi connectivity index (χ0) is 21.2. The van der Waals surface area contributed by atoms with Gasteiger partial charge in [-0.2, -0.15) is 0 Å². The van der Waals surface area contributed by atoms with E-state index in [2.05, 4.69) is 38.2 Å². The molecular weight excluding hydrogens is 382 g/mol. The molecule has 0 fully saturated rings. The number of dihydropyridines is 1. The fourth-order valence-electron chi connectivity index (χ4n) is 4.51. The van der Waals surface area contributed by atoms with Crippen LogP contribution in [-0.2, 0) is 20.7 Å². The highest BCUT2D eigenvalue weighted by atomic mass is 32.1. The zero-order valence-corrected chi connectivity index (χ0v) is 19.1. The first-order valence-electron chi connectivity index (χ1n) is 10.7. The Kier molecular flexibility index (Phi) is 6.67. The quantitative estimate of drug-likeness (QED) is 0.462. The largest absolute Gasteiger partial charge is 0.466 e. The van der Waals surface area contributed by atoms with E-state index in [1.807, 2.05) is 6.92 Å². The number of ketones is 1. The molecule has 4 nitrogen and oxygen atoms in total. The number of methoxy groups -OCH3 is 1. The topological polar surface area (TPSA) is 55.4 Å². The third-order valence-corrected chi connectivity index (χ3v) is 7.10. The van der Waals surface area contributed by atoms with E-state index in [0.29, 0.717) is 12.0 Å². The molecule has 2 aliphatic rings. The van der Waals surface area contributed by atoms with Gasteiger partial charge >= 0.3 is 5.97 Å². The van der Waals surface area contributed by atoms with Crippen molar-refractivity contribution >= 4 is 23.1 Å². The maximum absolute atomic E-state index is 13.2. The van der Waals surface area contributed by atoms with Crippen LogP contribution in [0.2, 0.25) is 0 Å². The average Bonchev–Trinajstić information content (AvgIpc) is 3.11. The standard InChI is InChI=1S/C24H33NO3S/c1-6-7-8-9-10-16-11-12-19(29-16)22-20(23(27)28-5)15(2)25-17-13-24(3,4)14-18(26)21(17)22/h11-12,22,25H,6-10,13-14H2,1-5H3/t22-/m0/s1. The molecule has 0 spiro atoms. The normalized spacial score (nSPS) is 21.1.